The molecule has 2 aliphatic heterocycles. The van der Waals surface area contributed by atoms with E-state index in [4.69, 9.17) is 0 Å². The minimum absolute atomic E-state index is 0.589. The second kappa shape index (κ2) is 4.29. The number of halogens is 2. The molecule has 0 radical (unpaired) electrons. The van der Waals surface area contributed by atoms with Crippen LogP contribution in [-0.4, -0.2) is 21.6 Å². The molecule has 4 heterocycles. The van der Waals surface area contributed by atoms with Crippen molar-refractivity contribution in [3.05, 3.63) is 63.3 Å². The van der Waals surface area contributed by atoms with E-state index in [-0.39, 0.29) is 0 Å². The van der Waals surface area contributed by atoms with Gasteiger partial charge < -0.3 is 17.6 Å². The molecule has 2 nitrogen and oxygen atoms in total. The van der Waals surface area contributed by atoms with Crippen LogP contribution in [0.2, 0.25) is 0 Å². The maximum absolute atomic E-state index is 15.3. The van der Waals surface area contributed by atoms with Crippen LogP contribution in [0.15, 0.2) is 41.4 Å². The Bertz CT molecular complexity index is 886. The number of aryl methyl sites for hydroxylation is 2. The molecular formula is C16H15BF2N2S. The number of fused-ring (bicyclic) bond motifs is 2. The first-order chi connectivity index (χ1) is 10.4. The third-order valence-electron chi connectivity index (χ3n) is 4.47. The van der Waals surface area contributed by atoms with Crippen molar-refractivity contribution in [2.75, 3.05) is 0 Å². The summed E-state index contributed by atoms with van der Waals surface area (Å²) >= 11 is 1.48. The van der Waals surface area contributed by atoms with E-state index in [1.165, 1.54) is 20.3 Å². The lowest BCUT2D eigenvalue weighted by Gasteiger charge is -2.32. The van der Waals surface area contributed by atoms with Gasteiger partial charge in [-0.25, -0.2) is 0 Å². The lowest BCUT2D eigenvalue weighted by Crippen LogP contribution is -2.51. The normalized spacial score (nSPS) is 19.0. The van der Waals surface area contributed by atoms with Gasteiger partial charge in [0.2, 0.25) is 0 Å². The molecule has 0 saturated carbocycles. The number of aromatic nitrogens is 1. The van der Waals surface area contributed by atoms with Gasteiger partial charge in [-0.05, 0) is 49.5 Å². The van der Waals surface area contributed by atoms with E-state index in [2.05, 4.69) is 0 Å². The van der Waals surface area contributed by atoms with Crippen molar-refractivity contribution in [2.45, 2.75) is 20.8 Å². The van der Waals surface area contributed by atoms with E-state index >= 15 is 8.63 Å². The smallest absolute Gasteiger partial charge is 0.394 e. The van der Waals surface area contributed by atoms with Crippen LogP contribution in [-0.2, 0) is 0 Å². The number of thiophene rings is 1. The van der Waals surface area contributed by atoms with Gasteiger partial charge in [-0.2, -0.15) is 0 Å². The second-order valence-electron chi connectivity index (χ2n) is 5.85. The molecule has 2 aromatic rings. The molecular weight excluding hydrogens is 301 g/mol. The van der Waals surface area contributed by atoms with Crippen LogP contribution >= 0.6 is 11.3 Å². The zero-order valence-corrected chi connectivity index (χ0v) is 13.4. The fraction of sp³-hybridized carbons (Fsp3) is 0.188. The first-order valence-electron chi connectivity index (χ1n) is 7.23. The average Bonchev–Trinajstić information content (AvgIpc) is 3.13. The number of nitrogens with zero attached hydrogens (tertiary/aromatic N) is 2. The van der Waals surface area contributed by atoms with Crippen LogP contribution in [0.5, 0.6) is 0 Å². The lowest BCUT2D eigenvalue weighted by atomic mass is 9.87. The molecule has 0 aromatic carbocycles. The van der Waals surface area contributed by atoms with Crippen molar-refractivity contribution in [3.63, 3.8) is 0 Å². The molecule has 0 N–H and O–H groups in total. The molecule has 112 valence electrons. The molecule has 2 aromatic heterocycles. The van der Waals surface area contributed by atoms with Crippen LogP contribution in [0, 0.1) is 13.8 Å². The number of allylic oxidation sites excluding steroid dienone is 3. The van der Waals surface area contributed by atoms with Gasteiger partial charge in [-0.15, -0.1) is 11.3 Å². The summed E-state index contributed by atoms with van der Waals surface area (Å²) in [4.78, 5) is 0.866. The van der Waals surface area contributed by atoms with Crippen LogP contribution in [0.4, 0.5) is 8.63 Å². The Morgan fingerprint density at radius 2 is 1.95 bits per heavy atom. The van der Waals surface area contributed by atoms with E-state index in [1.54, 1.807) is 13.0 Å². The Morgan fingerprint density at radius 1 is 1.18 bits per heavy atom. The summed E-state index contributed by atoms with van der Waals surface area (Å²) in [7, 11) is 0. The van der Waals surface area contributed by atoms with Gasteiger partial charge in [-0.1, -0.05) is 6.07 Å². The summed E-state index contributed by atoms with van der Waals surface area (Å²) in [5.41, 5.74) is 4.27. The number of hydrogen-bond donors (Lipinski definition) is 0. The molecule has 0 amide bonds. The average molecular weight is 316 g/mol. The highest BCUT2D eigenvalue weighted by Crippen LogP contribution is 2.39. The van der Waals surface area contributed by atoms with Gasteiger partial charge >= 0.3 is 6.97 Å². The maximum atomic E-state index is 15.3. The first kappa shape index (κ1) is 13.7. The Kier molecular flexibility index (Phi) is 2.67. The van der Waals surface area contributed by atoms with Gasteiger partial charge in [0, 0.05) is 23.4 Å². The third-order valence-corrected chi connectivity index (χ3v) is 5.36. The van der Waals surface area contributed by atoms with Gasteiger partial charge in [0.15, 0.2) is 11.4 Å². The van der Waals surface area contributed by atoms with Crippen molar-refractivity contribution < 1.29 is 13.1 Å². The summed E-state index contributed by atoms with van der Waals surface area (Å²) in [5.74, 6) is 0. The molecule has 0 unspecified atom stereocenters. The van der Waals surface area contributed by atoms with E-state index < -0.39 is 6.97 Å². The van der Waals surface area contributed by atoms with Crippen molar-refractivity contribution >= 4 is 29.6 Å². The molecule has 0 spiro atoms. The van der Waals surface area contributed by atoms with Crippen molar-refractivity contribution in [2.24, 2.45) is 0 Å². The summed E-state index contributed by atoms with van der Waals surface area (Å²) < 4.78 is 33.0. The molecule has 2 aliphatic rings. The predicted octanol–water partition coefficient (Wildman–Crippen LogP) is 4.21. The highest BCUT2D eigenvalue weighted by Gasteiger charge is 2.54. The van der Waals surface area contributed by atoms with Gasteiger partial charge in [0.1, 0.15) is 0 Å². The molecule has 0 bridgehead atoms. The lowest BCUT2D eigenvalue weighted by molar-refractivity contribution is -0.361. The zero-order valence-electron chi connectivity index (χ0n) is 12.6. The molecule has 0 atom stereocenters. The molecule has 6 heteroatoms. The largest absolute Gasteiger partial charge is 0.737 e. The second-order valence-corrected chi connectivity index (χ2v) is 6.80. The maximum Gasteiger partial charge on any atom is 0.737 e. The van der Waals surface area contributed by atoms with E-state index in [9.17, 15) is 0 Å². The first-order valence-corrected chi connectivity index (χ1v) is 8.11. The van der Waals surface area contributed by atoms with Crippen LogP contribution in [0.3, 0.4) is 0 Å². The number of rotatable bonds is 1. The third kappa shape index (κ3) is 1.56. The van der Waals surface area contributed by atoms with E-state index in [1.807, 2.05) is 43.5 Å². The Morgan fingerprint density at radius 3 is 2.64 bits per heavy atom. The standard InChI is InChI=1S/C16H15BF2N2S/c1-10-9-11(2)20-16(10)12(3)13-6-7-14(15-5-4-8-22-15)21(13)17(20,18)19/h4-9H,1-3H3. The van der Waals surface area contributed by atoms with Crippen LogP contribution in [0.25, 0.3) is 5.57 Å². The van der Waals surface area contributed by atoms with Crippen LogP contribution in [0.1, 0.15) is 28.8 Å². The van der Waals surface area contributed by atoms with Gasteiger partial charge in [0.25, 0.3) is 0 Å². The fourth-order valence-electron chi connectivity index (χ4n) is 3.64. The summed E-state index contributed by atoms with van der Waals surface area (Å²) in [6.07, 6.45) is 3.61. The molecule has 4 rings (SSSR count). The Hall–Kier alpha value is -1.95. The van der Waals surface area contributed by atoms with Crippen LogP contribution < -0.4 is 0 Å². The predicted molar refractivity (Wildman–Crippen MR) is 87.7 cm³/mol. The molecule has 0 fully saturated rings. The molecule has 22 heavy (non-hydrogen) atoms. The molecule has 0 aliphatic carbocycles. The number of hydrogen-bond acceptors (Lipinski definition) is 1. The van der Waals surface area contributed by atoms with E-state index in [0.717, 1.165) is 16.0 Å². The highest BCUT2D eigenvalue weighted by atomic mass is 32.1. The zero-order chi connectivity index (χ0) is 15.6. The van der Waals surface area contributed by atoms with Gasteiger partial charge in [-0.3, -0.25) is 0 Å². The quantitative estimate of drug-likeness (QED) is 0.697. The summed E-state index contributed by atoms with van der Waals surface area (Å²) in [5, 5.41) is 1.91. The monoisotopic (exact) mass is 316 g/mol. The van der Waals surface area contributed by atoms with Gasteiger partial charge in [0.05, 0.1) is 4.88 Å². The Labute approximate surface area is 131 Å². The molecule has 0 saturated heterocycles. The highest BCUT2D eigenvalue weighted by molar-refractivity contribution is 7.12. The van der Waals surface area contributed by atoms with Crippen molar-refractivity contribution in [1.82, 2.24) is 4.48 Å². The Balaban J connectivity index is 2.10. The van der Waals surface area contributed by atoms with E-state index in [0.29, 0.717) is 22.8 Å². The summed E-state index contributed by atoms with van der Waals surface area (Å²) in [6, 6.07) is 5.62. The summed E-state index contributed by atoms with van der Waals surface area (Å²) in [6.45, 7) is 1.69. The fourth-order valence-corrected chi connectivity index (χ4v) is 4.39. The van der Waals surface area contributed by atoms with Crippen molar-refractivity contribution in [3.8, 4) is 0 Å². The topological polar surface area (TPSA) is 7.94 Å². The minimum atomic E-state index is -3.88. The minimum Gasteiger partial charge on any atom is -0.394 e. The van der Waals surface area contributed by atoms with Crippen molar-refractivity contribution in [1.29, 1.82) is 0 Å². The SMILES string of the molecule is CC1=C2C=CC(c3cccs3)=[N+]2[B-](F)(F)n2c(C)cc(C)c21.